The van der Waals surface area contributed by atoms with Gasteiger partial charge in [-0.25, -0.2) is 4.39 Å². The summed E-state index contributed by atoms with van der Waals surface area (Å²) in [5.41, 5.74) is 0.437. The van der Waals surface area contributed by atoms with Gasteiger partial charge in [0.2, 0.25) is 0 Å². The summed E-state index contributed by atoms with van der Waals surface area (Å²) in [6, 6.07) is 4.27. The minimum atomic E-state index is -0.320. The maximum absolute atomic E-state index is 13.2. The summed E-state index contributed by atoms with van der Waals surface area (Å²) in [5.74, 6) is 0.0148. The van der Waals surface area contributed by atoms with Gasteiger partial charge in [-0.3, -0.25) is 4.79 Å². The zero-order valence-electron chi connectivity index (χ0n) is 12.5. The van der Waals surface area contributed by atoms with Gasteiger partial charge in [-0.05, 0) is 45.5 Å². The van der Waals surface area contributed by atoms with E-state index in [4.69, 9.17) is 4.74 Å². The highest BCUT2D eigenvalue weighted by Crippen LogP contribution is 2.19. The van der Waals surface area contributed by atoms with Gasteiger partial charge in [0, 0.05) is 17.6 Å². The molecule has 4 nitrogen and oxygen atoms in total. The van der Waals surface area contributed by atoms with Gasteiger partial charge in [0.25, 0.3) is 5.91 Å². The molecule has 0 atom stereocenters. The number of carbonyl (C=O) groups is 1. The number of hydrogen-bond donors (Lipinski definition) is 2. The van der Waals surface area contributed by atoms with Crippen LogP contribution >= 0.6 is 0 Å². The standard InChI is InChI=1S/C15H23FN2O2/c1-5-15(2,3)18-14(19)10-20-13-7-6-12(16)8-11(13)9-17-4/h6-8,17H,5,9-10H2,1-4H3,(H,18,19). The molecule has 20 heavy (non-hydrogen) atoms. The molecule has 0 heterocycles. The maximum atomic E-state index is 13.2. The van der Waals surface area contributed by atoms with Crippen molar-refractivity contribution in [2.24, 2.45) is 0 Å². The van der Waals surface area contributed by atoms with Crippen LogP contribution in [0.5, 0.6) is 5.75 Å². The first-order chi connectivity index (χ1) is 9.38. The summed E-state index contributed by atoms with van der Waals surface area (Å²) >= 11 is 0. The molecule has 0 radical (unpaired) electrons. The van der Waals surface area contributed by atoms with E-state index in [1.54, 1.807) is 13.1 Å². The topological polar surface area (TPSA) is 50.4 Å². The Morgan fingerprint density at radius 3 is 2.70 bits per heavy atom. The molecule has 1 aromatic rings. The molecule has 0 bridgehead atoms. The molecule has 1 amide bonds. The summed E-state index contributed by atoms with van der Waals surface area (Å²) in [4.78, 5) is 11.8. The largest absolute Gasteiger partial charge is 0.483 e. The number of amides is 1. The molecule has 0 unspecified atom stereocenters. The lowest BCUT2D eigenvalue weighted by atomic mass is 10.0. The number of hydrogen-bond acceptors (Lipinski definition) is 3. The summed E-state index contributed by atoms with van der Waals surface area (Å²) in [6.07, 6.45) is 0.834. The van der Waals surface area contributed by atoms with Gasteiger partial charge in [-0.1, -0.05) is 6.92 Å². The Balaban J connectivity index is 2.63. The molecule has 0 saturated carbocycles. The fourth-order valence-electron chi connectivity index (χ4n) is 1.66. The quantitative estimate of drug-likeness (QED) is 0.806. The SMILES string of the molecule is CCC(C)(C)NC(=O)COc1ccc(F)cc1CNC. The third-order valence-corrected chi connectivity index (χ3v) is 3.11. The van der Waals surface area contributed by atoms with E-state index >= 15 is 0 Å². The highest BCUT2D eigenvalue weighted by Gasteiger charge is 2.18. The van der Waals surface area contributed by atoms with Gasteiger partial charge in [0.15, 0.2) is 6.61 Å². The van der Waals surface area contributed by atoms with Crippen LogP contribution in [-0.4, -0.2) is 25.1 Å². The molecular formula is C15H23FN2O2. The van der Waals surface area contributed by atoms with Gasteiger partial charge < -0.3 is 15.4 Å². The molecule has 5 heteroatoms. The van der Waals surface area contributed by atoms with E-state index in [2.05, 4.69) is 10.6 Å². The molecule has 1 aromatic carbocycles. The fraction of sp³-hybridized carbons (Fsp3) is 0.533. The van der Waals surface area contributed by atoms with E-state index in [0.717, 1.165) is 6.42 Å². The first-order valence-electron chi connectivity index (χ1n) is 6.75. The van der Waals surface area contributed by atoms with Crippen molar-refractivity contribution < 1.29 is 13.9 Å². The third-order valence-electron chi connectivity index (χ3n) is 3.11. The van der Waals surface area contributed by atoms with Crippen molar-refractivity contribution in [2.75, 3.05) is 13.7 Å². The normalized spacial score (nSPS) is 11.2. The highest BCUT2D eigenvalue weighted by atomic mass is 19.1. The van der Waals surface area contributed by atoms with E-state index in [1.165, 1.54) is 12.1 Å². The van der Waals surface area contributed by atoms with Crippen molar-refractivity contribution >= 4 is 5.91 Å². The first kappa shape index (κ1) is 16.4. The molecule has 0 saturated heterocycles. The van der Waals surface area contributed by atoms with Crippen molar-refractivity contribution in [1.82, 2.24) is 10.6 Å². The molecule has 1 rings (SSSR count). The van der Waals surface area contributed by atoms with Crippen LogP contribution in [0.3, 0.4) is 0 Å². The van der Waals surface area contributed by atoms with Crippen molar-refractivity contribution in [3.05, 3.63) is 29.6 Å². The van der Waals surface area contributed by atoms with Crippen LogP contribution in [0.1, 0.15) is 32.8 Å². The zero-order chi connectivity index (χ0) is 15.2. The number of ether oxygens (including phenoxy) is 1. The molecule has 0 fully saturated rings. The first-order valence-corrected chi connectivity index (χ1v) is 6.75. The van der Waals surface area contributed by atoms with Crippen LogP contribution in [-0.2, 0) is 11.3 Å². The van der Waals surface area contributed by atoms with E-state index in [0.29, 0.717) is 17.9 Å². The monoisotopic (exact) mass is 282 g/mol. The molecular weight excluding hydrogens is 259 g/mol. The van der Waals surface area contributed by atoms with Crippen molar-refractivity contribution in [3.8, 4) is 5.75 Å². The van der Waals surface area contributed by atoms with Gasteiger partial charge in [-0.2, -0.15) is 0 Å². The second-order valence-corrected chi connectivity index (χ2v) is 5.36. The lowest BCUT2D eigenvalue weighted by molar-refractivity contribution is -0.124. The maximum Gasteiger partial charge on any atom is 0.258 e. The van der Waals surface area contributed by atoms with E-state index in [-0.39, 0.29) is 23.9 Å². The second kappa shape index (κ2) is 7.24. The highest BCUT2D eigenvalue weighted by molar-refractivity contribution is 5.78. The van der Waals surface area contributed by atoms with Crippen LogP contribution in [0, 0.1) is 5.82 Å². The second-order valence-electron chi connectivity index (χ2n) is 5.36. The molecule has 0 aliphatic rings. The molecule has 0 aliphatic heterocycles. The van der Waals surface area contributed by atoms with Crippen molar-refractivity contribution in [1.29, 1.82) is 0 Å². The Hall–Kier alpha value is -1.62. The summed E-state index contributed by atoms with van der Waals surface area (Å²) < 4.78 is 18.7. The van der Waals surface area contributed by atoms with Crippen molar-refractivity contribution in [3.63, 3.8) is 0 Å². The van der Waals surface area contributed by atoms with Crippen LogP contribution in [0.25, 0.3) is 0 Å². The van der Waals surface area contributed by atoms with Gasteiger partial charge in [-0.15, -0.1) is 0 Å². The number of rotatable bonds is 7. The Morgan fingerprint density at radius 2 is 2.10 bits per heavy atom. The van der Waals surface area contributed by atoms with Crippen LogP contribution in [0.15, 0.2) is 18.2 Å². The van der Waals surface area contributed by atoms with Crippen LogP contribution in [0.2, 0.25) is 0 Å². The van der Waals surface area contributed by atoms with E-state index in [9.17, 15) is 9.18 Å². The number of halogens is 1. The Labute approximate surface area is 119 Å². The minimum Gasteiger partial charge on any atom is -0.483 e. The van der Waals surface area contributed by atoms with Crippen molar-refractivity contribution in [2.45, 2.75) is 39.3 Å². The van der Waals surface area contributed by atoms with E-state index < -0.39 is 0 Å². The smallest absolute Gasteiger partial charge is 0.258 e. The number of benzene rings is 1. The average Bonchev–Trinajstić information content (AvgIpc) is 2.38. The molecule has 2 N–H and O–H groups in total. The predicted molar refractivity (Wildman–Crippen MR) is 77.2 cm³/mol. The van der Waals surface area contributed by atoms with Gasteiger partial charge >= 0.3 is 0 Å². The zero-order valence-corrected chi connectivity index (χ0v) is 12.5. The van der Waals surface area contributed by atoms with Crippen LogP contribution in [0.4, 0.5) is 4.39 Å². The number of carbonyl (C=O) groups excluding carboxylic acids is 1. The predicted octanol–water partition coefficient (Wildman–Crippen LogP) is 2.23. The molecule has 112 valence electrons. The fourth-order valence-corrected chi connectivity index (χ4v) is 1.66. The summed E-state index contributed by atoms with van der Waals surface area (Å²) in [5, 5.41) is 5.82. The molecule has 0 aromatic heterocycles. The molecule has 0 spiro atoms. The van der Waals surface area contributed by atoms with Gasteiger partial charge in [0.1, 0.15) is 11.6 Å². The van der Waals surface area contributed by atoms with E-state index in [1.807, 2.05) is 20.8 Å². The lowest BCUT2D eigenvalue weighted by Gasteiger charge is -2.24. The third kappa shape index (κ3) is 5.17. The molecule has 0 aliphatic carbocycles. The van der Waals surface area contributed by atoms with Crippen LogP contribution < -0.4 is 15.4 Å². The minimum absolute atomic E-state index is 0.0776. The lowest BCUT2D eigenvalue weighted by Crippen LogP contribution is -2.44. The Kier molecular flexibility index (Phi) is 5.95. The summed E-state index contributed by atoms with van der Waals surface area (Å²) in [7, 11) is 1.77. The Morgan fingerprint density at radius 1 is 1.40 bits per heavy atom. The summed E-state index contributed by atoms with van der Waals surface area (Å²) in [6.45, 7) is 6.32. The average molecular weight is 282 g/mol. The number of nitrogens with one attached hydrogen (secondary N) is 2. The Bertz CT molecular complexity index is 461. The van der Waals surface area contributed by atoms with Gasteiger partial charge in [0.05, 0.1) is 0 Å².